The normalized spacial score (nSPS) is 11.4. The van der Waals surface area contributed by atoms with Gasteiger partial charge in [0.25, 0.3) is 5.56 Å². The molecule has 0 unspecified atom stereocenters. The topological polar surface area (TPSA) is 73.0 Å². The maximum absolute atomic E-state index is 13.3. The lowest BCUT2D eigenvalue weighted by molar-refractivity contribution is -0.131. The van der Waals surface area contributed by atoms with Crippen LogP contribution in [0.25, 0.3) is 16.6 Å². The number of rotatable bonds is 6. The van der Waals surface area contributed by atoms with Crippen molar-refractivity contribution in [1.82, 2.24) is 24.5 Å². The molecule has 0 spiro atoms. The molecule has 7 heteroatoms. The molecular weight excluding hydrogens is 366 g/mol. The Bertz CT molecular complexity index is 1110. The number of amides is 1. The Morgan fingerprint density at radius 2 is 1.83 bits per heavy atom. The van der Waals surface area contributed by atoms with Gasteiger partial charge in [-0.3, -0.25) is 9.59 Å². The number of nitrogens with zero attached hydrogens (tertiary/aromatic N) is 5. The molecule has 0 bridgehead atoms. The minimum atomic E-state index is -0.305. The molecule has 0 fully saturated rings. The second kappa shape index (κ2) is 8.19. The number of carbonyl (C=O) groups excluding carboxylic acids is 1. The van der Waals surface area contributed by atoms with E-state index in [1.54, 1.807) is 15.8 Å². The van der Waals surface area contributed by atoms with E-state index in [0.29, 0.717) is 18.6 Å². The summed E-state index contributed by atoms with van der Waals surface area (Å²) in [6.45, 7) is 13.1. The molecule has 3 aromatic rings. The Labute approximate surface area is 170 Å². The van der Waals surface area contributed by atoms with E-state index in [4.69, 9.17) is 0 Å². The number of benzene rings is 1. The maximum Gasteiger partial charge on any atom is 0.293 e. The Balaban J connectivity index is 2.21. The van der Waals surface area contributed by atoms with E-state index in [-0.39, 0.29) is 23.9 Å². The number of aryl methyl sites for hydroxylation is 2. The molecule has 0 saturated heterocycles. The van der Waals surface area contributed by atoms with Crippen LogP contribution in [0.3, 0.4) is 0 Å². The van der Waals surface area contributed by atoms with Gasteiger partial charge in [-0.1, -0.05) is 19.9 Å². The number of hydrogen-bond donors (Lipinski definition) is 0. The fraction of sp³-hybridized carbons (Fsp3) is 0.455. The first kappa shape index (κ1) is 20.8. The van der Waals surface area contributed by atoms with Gasteiger partial charge in [-0.15, -0.1) is 0 Å². The van der Waals surface area contributed by atoms with Crippen LogP contribution in [-0.4, -0.2) is 43.5 Å². The summed E-state index contributed by atoms with van der Waals surface area (Å²) in [4.78, 5) is 27.6. The molecular formula is C22H29N5O2. The van der Waals surface area contributed by atoms with Crippen molar-refractivity contribution in [2.24, 2.45) is 0 Å². The minimum Gasteiger partial charge on any atom is -0.342 e. The third-order valence-electron chi connectivity index (χ3n) is 5.39. The van der Waals surface area contributed by atoms with E-state index in [1.165, 1.54) is 10.2 Å². The molecule has 0 saturated carbocycles. The van der Waals surface area contributed by atoms with Gasteiger partial charge in [0.2, 0.25) is 5.91 Å². The van der Waals surface area contributed by atoms with Gasteiger partial charge in [0.05, 0.1) is 17.6 Å². The van der Waals surface area contributed by atoms with E-state index < -0.39 is 0 Å². The van der Waals surface area contributed by atoms with Crippen LogP contribution >= 0.6 is 0 Å². The molecule has 154 valence electrons. The molecule has 2 aromatic heterocycles. The number of likely N-dealkylation sites (N-methyl/N-ethyl adjacent to an activating group) is 1. The van der Waals surface area contributed by atoms with Gasteiger partial charge < -0.3 is 4.90 Å². The first-order valence-electron chi connectivity index (χ1n) is 10.1. The van der Waals surface area contributed by atoms with Gasteiger partial charge in [0.1, 0.15) is 12.1 Å². The number of aromatic nitrogens is 4. The summed E-state index contributed by atoms with van der Waals surface area (Å²) in [5, 5.41) is 9.76. The summed E-state index contributed by atoms with van der Waals surface area (Å²) in [7, 11) is 0. The quantitative estimate of drug-likeness (QED) is 0.642. The molecule has 0 N–H and O–H groups in total. The van der Waals surface area contributed by atoms with Crippen LogP contribution in [0.1, 0.15) is 50.4 Å². The van der Waals surface area contributed by atoms with Gasteiger partial charge >= 0.3 is 0 Å². The van der Waals surface area contributed by atoms with Crippen molar-refractivity contribution in [3.05, 3.63) is 51.6 Å². The van der Waals surface area contributed by atoms with E-state index in [2.05, 4.69) is 10.2 Å². The average Bonchev–Trinajstić information content (AvgIpc) is 3.12. The van der Waals surface area contributed by atoms with Crippen LogP contribution < -0.4 is 5.56 Å². The standard InChI is InChI=1S/C22H29N5O2/c1-7-25(8-2)19(28)13-26-22(29)21-18(20(24-26)14(3)4)12-23-27(21)17-10-9-15(5)16(6)11-17/h9-12,14H,7-8,13H2,1-6H3. The highest BCUT2D eigenvalue weighted by Gasteiger charge is 2.21. The molecule has 0 aliphatic heterocycles. The maximum atomic E-state index is 13.3. The highest BCUT2D eigenvalue weighted by Crippen LogP contribution is 2.23. The van der Waals surface area contributed by atoms with E-state index in [0.717, 1.165) is 22.3 Å². The lowest BCUT2D eigenvalue weighted by Gasteiger charge is -2.19. The van der Waals surface area contributed by atoms with Gasteiger partial charge in [0, 0.05) is 18.5 Å². The van der Waals surface area contributed by atoms with E-state index >= 15 is 0 Å². The number of fused-ring (bicyclic) bond motifs is 1. The first-order chi connectivity index (χ1) is 13.8. The molecule has 1 amide bonds. The van der Waals surface area contributed by atoms with Gasteiger partial charge in [-0.25, -0.2) is 9.36 Å². The van der Waals surface area contributed by atoms with Crippen LogP contribution in [0.5, 0.6) is 0 Å². The van der Waals surface area contributed by atoms with Crippen molar-refractivity contribution in [2.75, 3.05) is 13.1 Å². The lowest BCUT2D eigenvalue weighted by atomic mass is 10.1. The van der Waals surface area contributed by atoms with E-state index in [9.17, 15) is 9.59 Å². The van der Waals surface area contributed by atoms with Crippen LogP contribution in [0.15, 0.2) is 29.2 Å². The summed E-state index contributed by atoms with van der Waals surface area (Å²) < 4.78 is 2.95. The molecule has 7 nitrogen and oxygen atoms in total. The fourth-order valence-electron chi connectivity index (χ4n) is 3.48. The highest BCUT2D eigenvalue weighted by atomic mass is 16.2. The monoisotopic (exact) mass is 395 g/mol. The molecule has 0 radical (unpaired) electrons. The van der Waals surface area contributed by atoms with Crippen molar-refractivity contribution < 1.29 is 4.79 Å². The molecule has 3 rings (SSSR count). The summed E-state index contributed by atoms with van der Waals surface area (Å²) in [5.74, 6) is -0.0267. The Kier molecular flexibility index (Phi) is 5.86. The summed E-state index contributed by atoms with van der Waals surface area (Å²) in [6, 6.07) is 5.99. The van der Waals surface area contributed by atoms with Crippen molar-refractivity contribution in [2.45, 2.75) is 54.0 Å². The van der Waals surface area contributed by atoms with Gasteiger partial charge in [-0.05, 0) is 56.9 Å². The van der Waals surface area contributed by atoms with Crippen molar-refractivity contribution in [3.63, 3.8) is 0 Å². The minimum absolute atomic E-state index is 0.0751. The van der Waals surface area contributed by atoms with Gasteiger partial charge in [-0.2, -0.15) is 10.2 Å². The fourth-order valence-corrected chi connectivity index (χ4v) is 3.48. The van der Waals surface area contributed by atoms with Crippen molar-refractivity contribution in [3.8, 4) is 5.69 Å². The third kappa shape index (κ3) is 3.81. The number of hydrogen-bond acceptors (Lipinski definition) is 4. The van der Waals surface area contributed by atoms with Crippen LogP contribution in [0, 0.1) is 13.8 Å². The predicted octanol–water partition coefficient (Wildman–Crippen LogP) is 3.19. The second-order valence-corrected chi connectivity index (χ2v) is 7.66. The SMILES string of the molecule is CCN(CC)C(=O)Cn1nc(C(C)C)c2cnn(-c3ccc(C)c(C)c3)c2c1=O. The molecule has 29 heavy (non-hydrogen) atoms. The summed E-state index contributed by atoms with van der Waals surface area (Å²) in [6.07, 6.45) is 1.70. The zero-order valence-electron chi connectivity index (χ0n) is 18.1. The molecule has 0 aliphatic rings. The first-order valence-corrected chi connectivity index (χ1v) is 10.1. The van der Waals surface area contributed by atoms with E-state index in [1.807, 2.05) is 59.7 Å². The Hall–Kier alpha value is -2.96. The van der Waals surface area contributed by atoms with Crippen LogP contribution in [0.2, 0.25) is 0 Å². The van der Waals surface area contributed by atoms with Crippen LogP contribution in [-0.2, 0) is 11.3 Å². The largest absolute Gasteiger partial charge is 0.342 e. The smallest absolute Gasteiger partial charge is 0.293 e. The molecule has 0 atom stereocenters. The zero-order chi connectivity index (χ0) is 21.3. The van der Waals surface area contributed by atoms with Crippen molar-refractivity contribution >= 4 is 16.8 Å². The molecule has 0 aliphatic carbocycles. The molecule has 2 heterocycles. The summed E-state index contributed by atoms with van der Waals surface area (Å²) >= 11 is 0. The number of carbonyl (C=O) groups is 1. The second-order valence-electron chi connectivity index (χ2n) is 7.66. The third-order valence-corrected chi connectivity index (χ3v) is 5.39. The zero-order valence-corrected chi connectivity index (χ0v) is 18.1. The van der Waals surface area contributed by atoms with Crippen LogP contribution in [0.4, 0.5) is 0 Å². The predicted molar refractivity (Wildman–Crippen MR) is 115 cm³/mol. The summed E-state index contributed by atoms with van der Waals surface area (Å²) in [5.41, 5.74) is 4.04. The Morgan fingerprint density at radius 3 is 2.41 bits per heavy atom. The Morgan fingerprint density at radius 1 is 1.14 bits per heavy atom. The van der Waals surface area contributed by atoms with Crippen molar-refractivity contribution in [1.29, 1.82) is 0 Å². The average molecular weight is 396 g/mol. The molecule has 1 aromatic carbocycles. The van der Waals surface area contributed by atoms with Gasteiger partial charge in [0.15, 0.2) is 0 Å². The lowest BCUT2D eigenvalue weighted by Crippen LogP contribution is -2.38. The highest BCUT2D eigenvalue weighted by molar-refractivity contribution is 5.82.